The van der Waals surface area contributed by atoms with E-state index in [0.717, 1.165) is 54.3 Å². The van der Waals surface area contributed by atoms with Crippen LogP contribution in [0, 0.1) is 10.1 Å². The lowest BCUT2D eigenvalue weighted by Gasteiger charge is -2.11. The number of hydrogen-bond acceptors (Lipinski definition) is 11. The maximum Gasteiger partial charge on any atom is 0.341 e. The maximum atomic E-state index is 13.2. The summed E-state index contributed by atoms with van der Waals surface area (Å²) in [5.74, 6) is -0.227. The number of non-ortho nitro benzene ring substituents is 1. The zero-order chi connectivity index (χ0) is 32.6. The van der Waals surface area contributed by atoms with Crippen LogP contribution in [-0.4, -0.2) is 56.9 Å². The van der Waals surface area contributed by atoms with Crippen LogP contribution in [0.1, 0.15) is 63.2 Å². The van der Waals surface area contributed by atoms with Crippen LogP contribution in [0.3, 0.4) is 0 Å². The van der Waals surface area contributed by atoms with E-state index in [2.05, 4.69) is 20.8 Å². The maximum absolute atomic E-state index is 13.2. The summed E-state index contributed by atoms with van der Waals surface area (Å²) in [7, 11) is 1.54. The molecule has 46 heavy (non-hydrogen) atoms. The lowest BCUT2D eigenvalue weighted by atomic mass is 10.1. The van der Waals surface area contributed by atoms with E-state index in [9.17, 15) is 24.5 Å². The van der Waals surface area contributed by atoms with Crippen molar-refractivity contribution in [3.8, 4) is 11.4 Å². The second kappa shape index (κ2) is 15.0. The summed E-state index contributed by atoms with van der Waals surface area (Å²) < 4.78 is 12.1. The molecule has 15 heteroatoms. The smallest absolute Gasteiger partial charge is 0.341 e. The molecular weight excluding hydrogens is 633 g/mol. The summed E-state index contributed by atoms with van der Waals surface area (Å²) in [6.07, 6.45) is 4.71. The van der Waals surface area contributed by atoms with Crippen LogP contribution in [0.25, 0.3) is 5.69 Å². The van der Waals surface area contributed by atoms with E-state index in [1.54, 1.807) is 47.9 Å². The summed E-state index contributed by atoms with van der Waals surface area (Å²) in [5, 5.41) is 26.3. The fourth-order valence-corrected chi connectivity index (χ4v) is 7.10. The number of amides is 2. The molecule has 0 unspecified atom stereocenters. The summed E-state index contributed by atoms with van der Waals surface area (Å²) in [6.45, 7) is 1.97. The normalized spacial score (nSPS) is 12.5. The molecule has 2 heterocycles. The highest BCUT2D eigenvalue weighted by atomic mass is 32.2. The molecule has 0 radical (unpaired) electrons. The van der Waals surface area contributed by atoms with Crippen molar-refractivity contribution in [3.63, 3.8) is 0 Å². The molecule has 2 aromatic heterocycles. The number of aromatic nitrogens is 3. The standard InChI is InChI=1S/C31H32N6O7S2/c1-3-44-30(40)27-23-7-5-4-6-8-24(23)46-29(27)33-26(38)18-45-31-35-34-25(36(31)20-11-13-21(14-12-20)37(41)42)17-32-28(39)19-9-15-22(43-2)16-10-19/h9-16H,3-8,17-18H2,1-2H3,(H,32,39)(H,33,38). The number of esters is 1. The van der Waals surface area contributed by atoms with Crippen molar-refractivity contribution >= 4 is 51.6 Å². The fourth-order valence-electron chi connectivity index (χ4n) is 5.04. The third-order valence-electron chi connectivity index (χ3n) is 7.26. The first-order chi connectivity index (χ1) is 22.3. The molecule has 0 spiro atoms. The van der Waals surface area contributed by atoms with Crippen LogP contribution >= 0.6 is 23.1 Å². The number of methoxy groups -OCH3 is 1. The van der Waals surface area contributed by atoms with Crippen LogP contribution in [-0.2, 0) is 28.9 Å². The number of hydrogen-bond donors (Lipinski definition) is 2. The molecule has 2 aromatic carbocycles. The van der Waals surface area contributed by atoms with Gasteiger partial charge in [0.05, 0.1) is 36.5 Å². The molecule has 4 aromatic rings. The van der Waals surface area contributed by atoms with Crippen molar-refractivity contribution in [3.05, 3.63) is 86.0 Å². The van der Waals surface area contributed by atoms with Gasteiger partial charge in [-0.3, -0.25) is 24.3 Å². The number of benzene rings is 2. The van der Waals surface area contributed by atoms with Gasteiger partial charge in [-0.05, 0) is 74.6 Å². The number of rotatable bonds is 12. The Morgan fingerprint density at radius 3 is 2.48 bits per heavy atom. The van der Waals surface area contributed by atoms with Gasteiger partial charge in [0.2, 0.25) is 5.91 Å². The summed E-state index contributed by atoms with van der Waals surface area (Å²) in [5.41, 5.74) is 2.24. The number of ether oxygens (including phenoxy) is 2. The van der Waals surface area contributed by atoms with Gasteiger partial charge in [0.25, 0.3) is 11.6 Å². The minimum absolute atomic E-state index is 0.00867. The molecule has 1 aliphatic rings. The van der Waals surface area contributed by atoms with Crippen molar-refractivity contribution in [2.75, 3.05) is 24.8 Å². The van der Waals surface area contributed by atoms with Crippen molar-refractivity contribution in [1.82, 2.24) is 20.1 Å². The molecule has 0 fully saturated rings. The largest absolute Gasteiger partial charge is 0.497 e. The van der Waals surface area contributed by atoms with Gasteiger partial charge in [0.1, 0.15) is 10.8 Å². The molecule has 2 amide bonds. The monoisotopic (exact) mass is 664 g/mol. The SMILES string of the molecule is CCOC(=O)c1c(NC(=O)CSc2nnc(CNC(=O)c3ccc(OC)cc3)n2-c2ccc([N+](=O)[O-])cc2)sc2c1CCCCC2. The number of nitro benzene ring substituents is 1. The van der Waals surface area contributed by atoms with Crippen molar-refractivity contribution < 1.29 is 28.8 Å². The van der Waals surface area contributed by atoms with Crippen molar-refractivity contribution in [2.45, 2.75) is 50.7 Å². The van der Waals surface area contributed by atoms with Gasteiger partial charge in [0.15, 0.2) is 11.0 Å². The average molecular weight is 665 g/mol. The molecule has 5 rings (SSSR count). The highest BCUT2D eigenvalue weighted by Gasteiger charge is 2.27. The Labute approximate surface area is 272 Å². The highest BCUT2D eigenvalue weighted by molar-refractivity contribution is 7.99. The Morgan fingerprint density at radius 1 is 1.04 bits per heavy atom. The van der Waals surface area contributed by atoms with Gasteiger partial charge in [-0.25, -0.2) is 4.79 Å². The van der Waals surface area contributed by atoms with Gasteiger partial charge in [0, 0.05) is 28.3 Å². The van der Waals surface area contributed by atoms with E-state index in [-0.39, 0.29) is 36.4 Å². The second-order valence-corrected chi connectivity index (χ2v) is 12.3. The number of carbonyl (C=O) groups is 3. The van der Waals surface area contributed by atoms with E-state index in [0.29, 0.717) is 38.5 Å². The minimum Gasteiger partial charge on any atom is -0.497 e. The zero-order valence-electron chi connectivity index (χ0n) is 25.2. The lowest BCUT2D eigenvalue weighted by molar-refractivity contribution is -0.384. The Bertz CT molecular complexity index is 1740. The van der Waals surface area contributed by atoms with E-state index in [4.69, 9.17) is 9.47 Å². The van der Waals surface area contributed by atoms with Crippen LogP contribution in [0.5, 0.6) is 5.75 Å². The summed E-state index contributed by atoms with van der Waals surface area (Å²) in [6, 6.07) is 12.4. The molecule has 0 saturated heterocycles. The lowest BCUT2D eigenvalue weighted by Crippen LogP contribution is -2.24. The van der Waals surface area contributed by atoms with Gasteiger partial charge in [-0.2, -0.15) is 0 Å². The molecule has 0 saturated carbocycles. The summed E-state index contributed by atoms with van der Waals surface area (Å²) in [4.78, 5) is 50.8. The molecule has 0 aliphatic heterocycles. The van der Waals surface area contributed by atoms with E-state index >= 15 is 0 Å². The van der Waals surface area contributed by atoms with Crippen LogP contribution in [0.4, 0.5) is 10.7 Å². The molecule has 240 valence electrons. The minimum atomic E-state index is -0.499. The number of aryl methyl sites for hydroxylation is 1. The van der Waals surface area contributed by atoms with E-state index < -0.39 is 10.9 Å². The van der Waals surface area contributed by atoms with Gasteiger partial charge in [-0.15, -0.1) is 21.5 Å². The first kappa shape index (κ1) is 32.6. The highest BCUT2D eigenvalue weighted by Crippen LogP contribution is 2.38. The van der Waals surface area contributed by atoms with Crippen LogP contribution in [0.15, 0.2) is 53.7 Å². The third-order valence-corrected chi connectivity index (χ3v) is 9.40. The molecule has 13 nitrogen and oxygen atoms in total. The van der Waals surface area contributed by atoms with Crippen LogP contribution < -0.4 is 15.4 Å². The second-order valence-electron chi connectivity index (χ2n) is 10.2. The molecule has 0 atom stereocenters. The Kier molecular flexibility index (Phi) is 10.6. The molecule has 2 N–H and O–H groups in total. The Hall–Kier alpha value is -4.76. The van der Waals surface area contributed by atoms with Crippen molar-refractivity contribution in [2.24, 2.45) is 0 Å². The number of thioether (sulfide) groups is 1. The number of fused-ring (bicyclic) bond motifs is 1. The Balaban J connectivity index is 1.34. The van der Waals surface area contributed by atoms with E-state index in [1.807, 2.05) is 0 Å². The quantitative estimate of drug-likeness (QED) is 0.0662. The first-order valence-electron chi connectivity index (χ1n) is 14.6. The predicted octanol–water partition coefficient (Wildman–Crippen LogP) is 5.35. The number of anilines is 1. The molecule has 1 aliphatic carbocycles. The molecule has 0 bridgehead atoms. The topological polar surface area (TPSA) is 168 Å². The van der Waals surface area contributed by atoms with Gasteiger partial charge >= 0.3 is 5.97 Å². The predicted molar refractivity (Wildman–Crippen MR) is 173 cm³/mol. The third kappa shape index (κ3) is 7.54. The first-order valence-corrected chi connectivity index (χ1v) is 16.4. The van der Waals surface area contributed by atoms with Crippen LogP contribution in [0.2, 0.25) is 0 Å². The van der Waals surface area contributed by atoms with Gasteiger partial charge in [-0.1, -0.05) is 18.2 Å². The van der Waals surface area contributed by atoms with E-state index in [1.165, 1.54) is 30.6 Å². The number of nitro groups is 1. The number of nitrogens with one attached hydrogen (secondary N) is 2. The average Bonchev–Trinajstić information content (AvgIpc) is 3.54. The Morgan fingerprint density at radius 2 is 1.78 bits per heavy atom. The van der Waals surface area contributed by atoms with Gasteiger partial charge < -0.3 is 20.1 Å². The zero-order valence-corrected chi connectivity index (χ0v) is 26.9. The number of carbonyl (C=O) groups excluding carboxylic acids is 3. The number of nitrogens with zero attached hydrogens (tertiary/aromatic N) is 4. The number of thiophene rings is 1. The summed E-state index contributed by atoms with van der Waals surface area (Å²) >= 11 is 2.52. The van der Waals surface area contributed by atoms with Crippen molar-refractivity contribution in [1.29, 1.82) is 0 Å². The molecular formula is C31H32N6O7S2. The fraction of sp³-hybridized carbons (Fsp3) is 0.323.